The number of carboxylic acid groups (broad SMARTS) is 1. The smallest absolute Gasteiger partial charge is 0.290 e. The molecule has 0 atom stereocenters. The third-order valence-corrected chi connectivity index (χ3v) is 8.51. The highest BCUT2D eigenvalue weighted by atomic mass is 32.2. The zero-order valence-corrected chi connectivity index (χ0v) is 23.6. The molecular weight excluding hydrogens is 554 g/mol. The topological polar surface area (TPSA) is 143 Å². The lowest BCUT2D eigenvalue weighted by atomic mass is 10.0. The molecule has 2 N–H and O–H groups in total. The Morgan fingerprint density at radius 3 is 2.52 bits per heavy atom. The van der Waals surface area contributed by atoms with Crippen molar-refractivity contribution in [3.8, 4) is 11.1 Å². The van der Waals surface area contributed by atoms with Gasteiger partial charge in [-0.05, 0) is 47.3 Å². The number of hydrogen-bond donors (Lipinski definition) is 2. The van der Waals surface area contributed by atoms with E-state index in [2.05, 4.69) is 54.1 Å². The van der Waals surface area contributed by atoms with Crippen LogP contribution in [0.5, 0.6) is 0 Å². The highest BCUT2D eigenvalue weighted by Gasteiger charge is 2.24. The van der Waals surface area contributed by atoms with Crippen molar-refractivity contribution in [3.05, 3.63) is 104 Å². The van der Waals surface area contributed by atoms with E-state index in [0.29, 0.717) is 22.5 Å². The van der Waals surface area contributed by atoms with Crippen molar-refractivity contribution in [1.29, 1.82) is 0 Å². The van der Waals surface area contributed by atoms with Crippen molar-refractivity contribution in [2.24, 2.45) is 7.05 Å². The van der Waals surface area contributed by atoms with Crippen LogP contribution in [0.15, 0.2) is 103 Å². The number of sulfonamides is 1. The van der Waals surface area contributed by atoms with E-state index in [-0.39, 0.29) is 17.9 Å². The monoisotopic (exact) mass is 581 g/mol. The Labute approximate surface area is 242 Å². The molecule has 0 unspecified atom stereocenters. The normalized spacial score (nSPS) is 11.3. The second-order valence-electron chi connectivity index (χ2n) is 9.38. The summed E-state index contributed by atoms with van der Waals surface area (Å²) in [6.45, 7) is -0.102. The Morgan fingerprint density at radius 1 is 1.00 bits per heavy atom. The third-order valence-electron chi connectivity index (χ3n) is 6.65. The largest absolute Gasteiger partial charge is 0.483 e. The molecule has 12 heteroatoms. The van der Waals surface area contributed by atoms with Gasteiger partial charge in [-0.15, -0.1) is 0 Å². The molecule has 0 amide bonds. The predicted molar refractivity (Wildman–Crippen MR) is 161 cm³/mol. The van der Waals surface area contributed by atoms with Gasteiger partial charge in [-0.25, -0.2) is 18.4 Å². The molecule has 0 aliphatic carbocycles. The molecule has 11 nitrogen and oxygen atoms in total. The number of para-hydroxylation sites is 1. The quantitative estimate of drug-likeness (QED) is 0.253. The standard InChI is InChI=1S/C29H25N7O2S.CH2O2/c1-35-12-9-21-7-8-22(13-27(21)35)24-14-23(15-26-29(24)33-11-10-32-26)34-25-5-3-4-6-28(25)39(37,38)36(2)18-20-16-30-19-31-17-20;2-1-3/h3-17,19,34H,18H2,1-2H3;1H,(H,2,3). The molecule has 212 valence electrons. The van der Waals surface area contributed by atoms with E-state index in [1.54, 1.807) is 56.1 Å². The summed E-state index contributed by atoms with van der Waals surface area (Å²) >= 11 is 0. The maximum absolute atomic E-state index is 13.6. The van der Waals surface area contributed by atoms with Gasteiger partial charge in [-0.1, -0.05) is 24.3 Å². The summed E-state index contributed by atoms with van der Waals surface area (Å²) in [4.78, 5) is 25.6. The molecule has 0 saturated carbocycles. The summed E-state index contributed by atoms with van der Waals surface area (Å²) < 4.78 is 30.6. The van der Waals surface area contributed by atoms with E-state index in [4.69, 9.17) is 9.90 Å². The van der Waals surface area contributed by atoms with Gasteiger partial charge in [0.05, 0.1) is 16.7 Å². The van der Waals surface area contributed by atoms with Gasteiger partial charge in [0.2, 0.25) is 10.0 Å². The van der Waals surface area contributed by atoms with Crippen molar-refractivity contribution in [2.75, 3.05) is 12.4 Å². The SMILES string of the molecule is CN(Cc1cncnc1)S(=O)(=O)c1ccccc1Nc1cc(-c2ccc3ccn(C)c3c2)c2nccnc2c1.O=CO. The molecule has 6 rings (SSSR count). The van der Waals surface area contributed by atoms with E-state index in [0.717, 1.165) is 27.5 Å². The van der Waals surface area contributed by atoms with Crippen LogP contribution in [0.1, 0.15) is 5.56 Å². The number of carbonyl (C=O) groups is 1. The van der Waals surface area contributed by atoms with Crippen LogP contribution < -0.4 is 5.32 Å². The lowest BCUT2D eigenvalue weighted by molar-refractivity contribution is -0.122. The zero-order valence-electron chi connectivity index (χ0n) is 22.8. The maximum Gasteiger partial charge on any atom is 0.290 e. The number of aryl methyl sites for hydroxylation is 1. The summed E-state index contributed by atoms with van der Waals surface area (Å²) in [7, 11) is -0.272. The van der Waals surface area contributed by atoms with E-state index < -0.39 is 10.0 Å². The first-order chi connectivity index (χ1) is 20.3. The van der Waals surface area contributed by atoms with Gasteiger partial charge in [-0.2, -0.15) is 4.31 Å². The number of rotatable bonds is 7. The number of hydrogen-bond acceptors (Lipinski definition) is 8. The molecule has 42 heavy (non-hydrogen) atoms. The van der Waals surface area contributed by atoms with Gasteiger partial charge in [0.25, 0.3) is 6.47 Å². The average molecular weight is 582 g/mol. The van der Waals surface area contributed by atoms with Gasteiger partial charge < -0.3 is 15.0 Å². The highest BCUT2D eigenvalue weighted by Crippen LogP contribution is 2.34. The number of aromatic nitrogens is 5. The van der Waals surface area contributed by atoms with Gasteiger partial charge in [-0.3, -0.25) is 14.8 Å². The summed E-state index contributed by atoms with van der Waals surface area (Å²) in [5.41, 5.74) is 6.31. The second-order valence-corrected chi connectivity index (χ2v) is 11.4. The first-order valence-electron chi connectivity index (χ1n) is 12.8. The first-order valence-corrected chi connectivity index (χ1v) is 14.2. The summed E-state index contributed by atoms with van der Waals surface area (Å²) in [5.74, 6) is 0. The molecule has 0 aliphatic heterocycles. The molecule has 0 aliphatic rings. The fourth-order valence-electron chi connectivity index (χ4n) is 4.67. The number of anilines is 2. The molecular formula is C30H27N7O4S. The van der Waals surface area contributed by atoms with Crippen LogP contribution in [0, 0.1) is 0 Å². The molecule has 0 bridgehead atoms. The minimum Gasteiger partial charge on any atom is -0.483 e. The van der Waals surface area contributed by atoms with E-state index >= 15 is 0 Å². The van der Waals surface area contributed by atoms with Crippen LogP contribution in [-0.2, 0) is 28.4 Å². The Kier molecular flexibility index (Phi) is 8.18. The van der Waals surface area contributed by atoms with Crippen LogP contribution in [0.2, 0.25) is 0 Å². The van der Waals surface area contributed by atoms with Crippen LogP contribution in [-0.4, -0.2) is 55.9 Å². The lowest BCUT2D eigenvalue weighted by Gasteiger charge is -2.20. The Bertz CT molecular complexity index is 1980. The van der Waals surface area contributed by atoms with Crippen molar-refractivity contribution in [1.82, 2.24) is 28.8 Å². The van der Waals surface area contributed by atoms with Crippen LogP contribution in [0.3, 0.4) is 0 Å². The summed E-state index contributed by atoms with van der Waals surface area (Å²) in [6.07, 6.45) is 9.98. The van der Waals surface area contributed by atoms with Gasteiger partial charge in [0, 0.05) is 74.0 Å². The third kappa shape index (κ3) is 5.80. The van der Waals surface area contributed by atoms with E-state index in [9.17, 15) is 8.42 Å². The van der Waals surface area contributed by atoms with Gasteiger partial charge in [0.1, 0.15) is 11.2 Å². The maximum atomic E-state index is 13.6. The van der Waals surface area contributed by atoms with Crippen molar-refractivity contribution in [3.63, 3.8) is 0 Å². The Hall–Kier alpha value is -5.20. The molecule has 3 heterocycles. The zero-order chi connectivity index (χ0) is 29.7. The minimum absolute atomic E-state index is 0.148. The average Bonchev–Trinajstić information content (AvgIpc) is 3.37. The fraction of sp³-hybridized carbons (Fsp3) is 0.100. The second kappa shape index (κ2) is 12.1. The highest BCUT2D eigenvalue weighted by molar-refractivity contribution is 7.89. The van der Waals surface area contributed by atoms with E-state index in [1.165, 1.54) is 10.6 Å². The molecule has 3 aromatic carbocycles. The molecule has 6 aromatic rings. The van der Waals surface area contributed by atoms with Crippen molar-refractivity contribution in [2.45, 2.75) is 11.4 Å². The number of nitrogens with one attached hydrogen (secondary N) is 1. The Balaban J connectivity index is 0.00000113. The lowest BCUT2D eigenvalue weighted by Crippen LogP contribution is -2.27. The molecule has 0 spiro atoms. The number of fused-ring (bicyclic) bond motifs is 2. The number of benzene rings is 3. The molecule has 0 fully saturated rings. The fourth-order valence-corrected chi connectivity index (χ4v) is 5.97. The van der Waals surface area contributed by atoms with Crippen molar-refractivity contribution >= 4 is 49.8 Å². The minimum atomic E-state index is -3.83. The molecule has 0 saturated heterocycles. The van der Waals surface area contributed by atoms with Crippen molar-refractivity contribution < 1.29 is 18.3 Å². The molecule has 0 radical (unpaired) electrons. The van der Waals surface area contributed by atoms with Crippen LogP contribution >= 0.6 is 0 Å². The van der Waals surface area contributed by atoms with E-state index in [1.807, 2.05) is 25.4 Å². The Morgan fingerprint density at radius 2 is 1.74 bits per heavy atom. The van der Waals surface area contributed by atoms with Gasteiger partial charge in [0.15, 0.2) is 0 Å². The van der Waals surface area contributed by atoms with Crippen LogP contribution in [0.4, 0.5) is 11.4 Å². The number of nitrogens with zero attached hydrogens (tertiary/aromatic N) is 6. The van der Waals surface area contributed by atoms with Crippen LogP contribution in [0.25, 0.3) is 33.1 Å². The summed E-state index contributed by atoms with van der Waals surface area (Å²) in [5, 5.41) is 11.4. The molecule has 3 aromatic heterocycles. The summed E-state index contributed by atoms with van der Waals surface area (Å²) in [6, 6.07) is 19.1. The van der Waals surface area contributed by atoms with Gasteiger partial charge >= 0.3 is 0 Å². The first kappa shape index (κ1) is 28.3. The predicted octanol–water partition coefficient (Wildman–Crippen LogP) is 4.84.